The number of benzene rings is 1. The molecule has 21 heavy (non-hydrogen) atoms. The Balaban J connectivity index is 2.17. The maximum absolute atomic E-state index is 12.4. The molecule has 2 rings (SSSR count). The molecule has 1 aliphatic heterocycles. The molecule has 1 atom stereocenters. The van der Waals surface area contributed by atoms with Crippen LogP contribution in [0.1, 0.15) is 30.1 Å². The summed E-state index contributed by atoms with van der Waals surface area (Å²) < 4.78 is 24.7. The van der Waals surface area contributed by atoms with Gasteiger partial charge in [0.05, 0.1) is 17.0 Å². The number of carbonyl (C=O) groups excluding carboxylic acids is 1. The first-order valence-corrected chi connectivity index (χ1v) is 9.10. The van der Waals surface area contributed by atoms with Crippen LogP contribution in [0.25, 0.3) is 0 Å². The fourth-order valence-corrected chi connectivity index (χ4v) is 3.35. The van der Waals surface area contributed by atoms with Crippen LogP contribution in [-0.4, -0.2) is 38.6 Å². The molecule has 1 aromatic rings. The highest BCUT2D eigenvalue weighted by molar-refractivity contribution is 7.92. The van der Waals surface area contributed by atoms with Gasteiger partial charge in [0.15, 0.2) is 0 Å². The number of rotatable bonds is 3. The Morgan fingerprint density at radius 1 is 1.43 bits per heavy atom. The maximum atomic E-state index is 12.4. The number of sulfonamides is 1. The van der Waals surface area contributed by atoms with Gasteiger partial charge in [-0.25, -0.2) is 8.42 Å². The number of anilines is 1. The van der Waals surface area contributed by atoms with Gasteiger partial charge in [-0.15, -0.1) is 0 Å². The van der Waals surface area contributed by atoms with Gasteiger partial charge in [-0.2, -0.15) is 0 Å². The van der Waals surface area contributed by atoms with E-state index in [1.165, 1.54) is 12.1 Å². The summed E-state index contributed by atoms with van der Waals surface area (Å²) in [6.45, 7) is 3.63. The molecule has 1 amide bonds. The van der Waals surface area contributed by atoms with Crippen LogP contribution >= 0.6 is 11.6 Å². The van der Waals surface area contributed by atoms with E-state index in [2.05, 4.69) is 11.6 Å². The summed E-state index contributed by atoms with van der Waals surface area (Å²) in [4.78, 5) is 14.2. The Labute approximate surface area is 130 Å². The second kappa shape index (κ2) is 6.23. The first-order chi connectivity index (χ1) is 9.76. The van der Waals surface area contributed by atoms with Crippen molar-refractivity contribution in [3.8, 4) is 0 Å². The van der Waals surface area contributed by atoms with Gasteiger partial charge < -0.3 is 4.90 Å². The molecule has 1 fully saturated rings. The fourth-order valence-electron chi connectivity index (χ4n) is 2.49. The van der Waals surface area contributed by atoms with Crippen molar-refractivity contribution in [2.45, 2.75) is 19.8 Å². The summed E-state index contributed by atoms with van der Waals surface area (Å²) in [5, 5.41) is 0.219. The molecular weight excluding hydrogens is 312 g/mol. The number of piperidine rings is 1. The third-order valence-corrected chi connectivity index (χ3v) is 4.36. The second-order valence-corrected chi connectivity index (χ2v) is 7.72. The van der Waals surface area contributed by atoms with E-state index in [9.17, 15) is 13.2 Å². The molecule has 1 aromatic carbocycles. The summed E-state index contributed by atoms with van der Waals surface area (Å²) in [5.41, 5.74) is 0.760. The molecule has 0 radical (unpaired) electrons. The zero-order valence-electron chi connectivity index (χ0n) is 12.1. The quantitative estimate of drug-likeness (QED) is 0.926. The largest absolute Gasteiger partial charge is 0.338 e. The van der Waals surface area contributed by atoms with E-state index in [-0.39, 0.29) is 16.6 Å². The number of amides is 1. The van der Waals surface area contributed by atoms with Gasteiger partial charge in [-0.05, 0) is 37.0 Å². The van der Waals surface area contributed by atoms with Crippen LogP contribution in [0.15, 0.2) is 18.2 Å². The molecule has 0 aromatic heterocycles. The molecule has 1 aliphatic rings. The number of hydrogen-bond donors (Lipinski definition) is 1. The average Bonchev–Trinajstić information content (AvgIpc) is 2.39. The lowest BCUT2D eigenvalue weighted by molar-refractivity contribution is 0.0683. The average molecular weight is 331 g/mol. The molecule has 1 saturated heterocycles. The van der Waals surface area contributed by atoms with Crippen LogP contribution in [0, 0.1) is 5.92 Å². The van der Waals surface area contributed by atoms with Crippen LogP contribution in [-0.2, 0) is 10.0 Å². The Kier molecular flexibility index (Phi) is 4.78. The SMILES string of the molecule is C[C@@H]1CCCN(C(=O)c2ccc(NS(C)(=O)=O)c(Cl)c2)C1. The van der Waals surface area contributed by atoms with Crippen molar-refractivity contribution in [3.63, 3.8) is 0 Å². The van der Waals surface area contributed by atoms with Gasteiger partial charge in [0.2, 0.25) is 10.0 Å². The molecule has 1 heterocycles. The third-order valence-electron chi connectivity index (χ3n) is 3.46. The topological polar surface area (TPSA) is 66.5 Å². The molecule has 0 spiro atoms. The molecule has 0 bridgehead atoms. The summed E-state index contributed by atoms with van der Waals surface area (Å²) in [7, 11) is -3.39. The molecule has 0 unspecified atom stereocenters. The standard InChI is InChI=1S/C14H19ClN2O3S/c1-10-4-3-7-17(9-10)14(18)11-5-6-13(12(15)8-11)16-21(2,19)20/h5-6,8,10,16H,3-4,7,9H2,1-2H3/t10-/m1/s1. The van der Waals surface area contributed by atoms with Gasteiger partial charge in [-0.1, -0.05) is 18.5 Å². The highest BCUT2D eigenvalue weighted by atomic mass is 35.5. The van der Waals surface area contributed by atoms with Crippen LogP contribution in [0.4, 0.5) is 5.69 Å². The van der Waals surface area contributed by atoms with Crippen LogP contribution < -0.4 is 4.72 Å². The molecule has 7 heteroatoms. The first-order valence-electron chi connectivity index (χ1n) is 6.83. The number of nitrogens with zero attached hydrogens (tertiary/aromatic N) is 1. The zero-order chi connectivity index (χ0) is 15.6. The predicted octanol–water partition coefficient (Wildman–Crippen LogP) is 2.58. The number of hydrogen-bond acceptors (Lipinski definition) is 3. The molecule has 5 nitrogen and oxygen atoms in total. The van der Waals surface area contributed by atoms with E-state index in [1.54, 1.807) is 6.07 Å². The van der Waals surface area contributed by atoms with E-state index >= 15 is 0 Å². The van der Waals surface area contributed by atoms with Gasteiger partial charge in [0, 0.05) is 18.7 Å². The minimum absolute atomic E-state index is 0.0608. The number of nitrogens with one attached hydrogen (secondary N) is 1. The smallest absolute Gasteiger partial charge is 0.253 e. The van der Waals surface area contributed by atoms with Crippen molar-refractivity contribution in [1.29, 1.82) is 0 Å². The molecular formula is C14H19ClN2O3S. The maximum Gasteiger partial charge on any atom is 0.253 e. The predicted molar refractivity (Wildman–Crippen MR) is 84.2 cm³/mol. The minimum Gasteiger partial charge on any atom is -0.338 e. The first kappa shape index (κ1) is 16.1. The summed E-state index contributed by atoms with van der Waals surface area (Å²) in [5.74, 6) is 0.443. The lowest BCUT2D eigenvalue weighted by atomic mass is 9.99. The monoisotopic (exact) mass is 330 g/mol. The van der Waals surface area contributed by atoms with E-state index in [0.29, 0.717) is 11.5 Å². The number of likely N-dealkylation sites (tertiary alicyclic amines) is 1. The van der Waals surface area contributed by atoms with Crippen LogP contribution in [0.2, 0.25) is 5.02 Å². The Hall–Kier alpha value is -1.27. The van der Waals surface area contributed by atoms with Gasteiger partial charge in [0.1, 0.15) is 0 Å². The van der Waals surface area contributed by atoms with Crippen LogP contribution in [0.3, 0.4) is 0 Å². The Morgan fingerprint density at radius 3 is 2.71 bits per heavy atom. The fraction of sp³-hybridized carbons (Fsp3) is 0.500. The van der Waals surface area contributed by atoms with E-state index in [1.807, 2.05) is 4.90 Å². The molecule has 116 valence electrons. The Bertz CT molecular complexity index is 646. The molecule has 0 saturated carbocycles. The summed E-state index contributed by atoms with van der Waals surface area (Å²) >= 11 is 6.05. The summed E-state index contributed by atoms with van der Waals surface area (Å²) in [6.07, 6.45) is 3.20. The van der Waals surface area contributed by atoms with Crippen molar-refractivity contribution in [1.82, 2.24) is 4.90 Å². The van der Waals surface area contributed by atoms with E-state index in [4.69, 9.17) is 11.6 Å². The van der Waals surface area contributed by atoms with Crippen molar-refractivity contribution >= 4 is 33.2 Å². The van der Waals surface area contributed by atoms with E-state index < -0.39 is 10.0 Å². The lowest BCUT2D eigenvalue weighted by Crippen LogP contribution is -2.39. The van der Waals surface area contributed by atoms with Crippen molar-refractivity contribution < 1.29 is 13.2 Å². The summed E-state index contributed by atoms with van der Waals surface area (Å²) in [6, 6.07) is 4.63. The zero-order valence-corrected chi connectivity index (χ0v) is 13.7. The van der Waals surface area contributed by atoms with Gasteiger partial charge in [0.25, 0.3) is 5.91 Å². The van der Waals surface area contributed by atoms with Crippen LogP contribution in [0.5, 0.6) is 0 Å². The van der Waals surface area contributed by atoms with Gasteiger partial charge in [-0.3, -0.25) is 9.52 Å². The number of halogens is 1. The van der Waals surface area contributed by atoms with Crippen molar-refractivity contribution in [2.75, 3.05) is 24.1 Å². The third kappa shape index (κ3) is 4.35. The minimum atomic E-state index is -3.39. The molecule has 0 aliphatic carbocycles. The normalized spacial score (nSPS) is 19.4. The van der Waals surface area contributed by atoms with Crippen molar-refractivity contribution in [2.24, 2.45) is 5.92 Å². The highest BCUT2D eigenvalue weighted by Gasteiger charge is 2.22. The highest BCUT2D eigenvalue weighted by Crippen LogP contribution is 2.25. The van der Waals surface area contributed by atoms with Crippen molar-refractivity contribution in [3.05, 3.63) is 28.8 Å². The van der Waals surface area contributed by atoms with Gasteiger partial charge >= 0.3 is 0 Å². The number of carbonyl (C=O) groups is 1. The second-order valence-electron chi connectivity index (χ2n) is 5.57. The molecule has 1 N–H and O–H groups in total. The lowest BCUT2D eigenvalue weighted by Gasteiger charge is -2.31. The van der Waals surface area contributed by atoms with E-state index in [0.717, 1.165) is 32.2 Å². The Morgan fingerprint density at radius 2 is 2.14 bits per heavy atom.